The molecule has 3 fully saturated rings. The fourth-order valence-corrected chi connectivity index (χ4v) is 4.03. The molecule has 0 spiro atoms. The highest BCUT2D eigenvalue weighted by Gasteiger charge is 2.41. The molecule has 1 amide bonds. The van der Waals surface area contributed by atoms with E-state index in [0.29, 0.717) is 18.0 Å². The van der Waals surface area contributed by atoms with Gasteiger partial charge in [0.15, 0.2) is 0 Å². The Hall–Kier alpha value is -0.220. The predicted molar refractivity (Wildman–Crippen MR) is 66.6 cm³/mol. The number of carbonyl (C=O) groups excluding carboxylic acids is 1. The normalized spacial score (nSPS) is 34.2. The van der Waals surface area contributed by atoms with Gasteiger partial charge in [0, 0.05) is 24.4 Å². The molecule has 0 radical (unpaired) electrons. The second-order valence-corrected chi connectivity index (χ2v) is 6.33. The van der Waals surface area contributed by atoms with Crippen LogP contribution in [0.3, 0.4) is 0 Å². The van der Waals surface area contributed by atoms with Gasteiger partial charge >= 0.3 is 0 Å². The van der Waals surface area contributed by atoms with Crippen LogP contribution in [0.1, 0.15) is 25.7 Å². The lowest BCUT2D eigenvalue weighted by Crippen LogP contribution is -2.45. The lowest BCUT2D eigenvalue weighted by Gasteiger charge is -2.30. The number of rotatable bonds is 3. The van der Waals surface area contributed by atoms with Gasteiger partial charge in [-0.25, -0.2) is 0 Å². The van der Waals surface area contributed by atoms with Crippen LogP contribution < -0.4 is 5.32 Å². The van der Waals surface area contributed by atoms with E-state index in [0.717, 1.165) is 19.5 Å². The third-order valence-electron chi connectivity index (χ3n) is 3.90. The lowest BCUT2D eigenvalue weighted by molar-refractivity contribution is -0.137. The molecule has 2 heterocycles. The molecule has 3 rings (SSSR count). The Kier molecular flexibility index (Phi) is 3.11. The van der Waals surface area contributed by atoms with Crippen molar-refractivity contribution >= 4 is 17.7 Å². The molecule has 0 bridgehead atoms. The summed E-state index contributed by atoms with van der Waals surface area (Å²) in [5.41, 5.74) is 0. The number of carbonyl (C=O) groups is 1. The fourth-order valence-electron chi connectivity index (χ4n) is 2.83. The summed E-state index contributed by atoms with van der Waals surface area (Å²) in [5.74, 6) is 3.12. The highest BCUT2D eigenvalue weighted by atomic mass is 32.2. The Labute approximate surface area is 101 Å². The molecule has 4 heteroatoms. The Bertz CT molecular complexity index is 268. The summed E-state index contributed by atoms with van der Waals surface area (Å²) >= 11 is 2.01. The molecule has 1 aliphatic carbocycles. The molecule has 90 valence electrons. The topological polar surface area (TPSA) is 32.3 Å². The zero-order chi connectivity index (χ0) is 11.0. The van der Waals surface area contributed by atoms with E-state index in [9.17, 15) is 4.79 Å². The van der Waals surface area contributed by atoms with Crippen molar-refractivity contribution in [2.24, 2.45) is 5.92 Å². The first-order chi connectivity index (χ1) is 7.86. The van der Waals surface area contributed by atoms with Gasteiger partial charge in [-0.05, 0) is 38.0 Å². The van der Waals surface area contributed by atoms with E-state index in [2.05, 4.69) is 10.2 Å². The SMILES string of the molecule is O=C([C@H]1CCNC1)N(C1CC1)[C@@H]1CCSC1. The number of hydrogen-bond donors (Lipinski definition) is 1. The van der Waals surface area contributed by atoms with Crippen molar-refractivity contribution in [3.63, 3.8) is 0 Å². The Morgan fingerprint density at radius 2 is 2.06 bits per heavy atom. The van der Waals surface area contributed by atoms with Crippen molar-refractivity contribution in [1.82, 2.24) is 10.2 Å². The van der Waals surface area contributed by atoms with Crippen LogP contribution in [0.15, 0.2) is 0 Å². The van der Waals surface area contributed by atoms with Gasteiger partial charge < -0.3 is 10.2 Å². The van der Waals surface area contributed by atoms with Crippen molar-refractivity contribution in [3.05, 3.63) is 0 Å². The summed E-state index contributed by atoms with van der Waals surface area (Å²) in [4.78, 5) is 14.8. The van der Waals surface area contributed by atoms with E-state index in [4.69, 9.17) is 0 Å². The third-order valence-corrected chi connectivity index (χ3v) is 5.05. The molecule has 0 aromatic carbocycles. The molecule has 1 N–H and O–H groups in total. The van der Waals surface area contributed by atoms with Crippen LogP contribution >= 0.6 is 11.8 Å². The molecular weight excluding hydrogens is 220 g/mol. The molecule has 2 aliphatic heterocycles. The summed E-state index contributed by atoms with van der Waals surface area (Å²) < 4.78 is 0. The standard InChI is InChI=1S/C12H20N2OS/c15-12(9-3-5-13-7-9)14(10-1-2-10)11-4-6-16-8-11/h9-11,13H,1-8H2/t9-,11+/m0/s1. The minimum atomic E-state index is 0.270. The molecule has 16 heavy (non-hydrogen) atoms. The van der Waals surface area contributed by atoms with Crippen LogP contribution in [0.4, 0.5) is 0 Å². The monoisotopic (exact) mass is 240 g/mol. The van der Waals surface area contributed by atoms with Crippen molar-refractivity contribution in [2.45, 2.75) is 37.8 Å². The maximum atomic E-state index is 12.5. The van der Waals surface area contributed by atoms with E-state index in [1.807, 2.05) is 11.8 Å². The summed E-state index contributed by atoms with van der Waals surface area (Å²) in [7, 11) is 0. The van der Waals surface area contributed by atoms with Crippen LogP contribution in [0.5, 0.6) is 0 Å². The highest BCUT2D eigenvalue weighted by Crippen LogP contribution is 2.35. The first kappa shape index (κ1) is 10.9. The number of thioether (sulfide) groups is 1. The van der Waals surface area contributed by atoms with Gasteiger partial charge in [0.2, 0.25) is 5.91 Å². The molecule has 3 aliphatic rings. The molecule has 0 unspecified atom stereocenters. The van der Waals surface area contributed by atoms with Crippen LogP contribution in [0.25, 0.3) is 0 Å². The largest absolute Gasteiger partial charge is 0.336 e. The second-order valence-electron chi connectivity index (χ2n) is 5.18. The van der Waals surface area contributed by atoms with E-state index >= 15 is 0 Å². The molecule has 3 nitrogen and oxygen atoms in total. The molecule has 2 atom stereocenters. The lowest BCUT2D eigenvalue weighted by atomic mass is 10.1. The second kappa shape index (κ2) is 4.57. The summed E-state index contributed by atoms with van der Waals surface area (Å²) in [6.07, 6.45) is 4.75. The van der Waals surface area contributed by atoms with Gasteiger partial charge in [0.1, 0.15) is 0 Å². The van der Waals surface area contributed by atoms with Gasteiger partial charge in [-0.3, -0.25) is 4.79 Å². The minimum absolute atomic E-state index is 0.270. The van der Waals surface area contributed by atoms with Crippen LogP contribution in [-0.2, 0) is 4.79 Å². The maximum Gasteiger partial charge on any atom is 0.227 e. The van der Waals surface area contributed by atoms with Gasteiger partial charge in [-0.1, -0.05) is 0 Å². The summed E-state index contributed by atoms with van der Waals surface area (Å²) in [6.45, 7) is 1.93. The number of nitrogens with one attached hydrogen (secondary N) is 1. The van der Waals surface area contributed by atoms with E-state index in [1.165, 1.54) is 30.8 Å². The van der Waals surface area contributed by atoms with Crippen molar-refractivity contribution < 1.29 is 4.79 Å². The Morgan fingerprint density at radius 3 is 2.62 bits per heavy atom. The van der Waals surface area contributed by atoms with Crippen LogP contribution in [0.2, 0.25) is 0 Å². The minimum Gasteiger partial charge on any atom is -0.336 e. The summed E-state index contributed by atoms with van der Waals surface area (Å²) in [5, 5.41) is 3.31. The highest BCUT2D eigenvalue weighted by molar-refractivity contribution is 7.99. The zero-order valence-electron chi connectivity index (χ0n) is 9.65. The third kappa shape index (κ3) is 2.09. The Balaban J connectivity index is 1.68. The molecule has 2 saturated heterocycles. The number of hydrogen-bond acceptors (Lipinski definition) is 3. The maximum absolute atomic E-state index is 12.5. The van der Waals surface area contributed by atoms with Gasteiger partial charge in [-0.2, -0.15) is 11.8 Å². The quantitative estimate of drug-likeness (QED) is 0.801. The zero-order valence-corrected chi connectivity index (χ0v) is 10.5. The molecular formula is C12H20N2OS. The first-order valence-electron chi connectivity index (χ1n) is 6.47. The fraction of sp³-hybridized carbons (Fsp3) is 0.917. The molecule has 1 saturated carbocycles. The van der Waals surface area contributed by atoms with Gasteiger partial charge in [0.25, 0.3) is 0 Å². The Morgan fingerprint density at radius 1 is 1.19 bits per heavy atom. The van der Waals surface area contributed by atoms with Gasteiger partial charge in [-0.15, -0.1) is 0 Å². The van der Waals surface area contributed by atoms with Gasteiger partial charge in [0.05, 0.1) is 5.92 Å². The van der Waals surface area contributed by atoms with E-state index < -0.39 is 0 Å². The van der Waals surface area contributed by atoms with Crippen LogP contribution in [-0.4, -0.2) is 47.5 Å². The smallest absolute Gasteiger partial charge is 0.227 e. The number of amides is 1. The first-order valence-corrected chi connectivity index (χ1v) is 7.62. The summed E-state index contributed by atoms with van der Waals surface area (Å²) in [6, 6.07) is 1.14. The van der Waals surface area contributed by atoms with E-state index in [-0.39, 0.29) is 5.92 Å². The average Bonchev–Trinajstić information content (AvgIpc) is 2.83. The van der Waals surface area contributed by atoms with E-state index in [1.54, 1.807) is 0 Å². The van der Waals surface area contributed by atoms with Crippen molar-refractivity contribution in [1.29, 1.82) is 0 Å². The predicted octanol–water partition coefficient (Wildman–Crippen LogP) is 1.09. The molecule has 0 aromatic rings. The molecule has 0 aromatic heterocycles. The van der Waals surface area contributed by atoms with Crippen LogP contribution in [0, 0.1) is 5.92 Å². The average molecular weight is 240 g/mol. The van der Waals surface area contributed by atoms with Crippen molar-refractivity contribution in [2.75, 3.05) is 24.6 Å². The number of nitrogens with zero attached hydrogens (tertiary/aromatic N) is 1. The van der Waals surface area contributed by atoms with Crippen molar-refractivity contribution in [3.8, 4) is 0 Å².